The molecule has 1 aliphatic rings. The van der Waals surface area contributed by atoms with Gasteiger partial charge in [0, 0.05) is 17.0 Å². The average molecular weight is 435 g/mol. The van der Waals surface area contributed by atoms with Gasteiger partial charge < -0.3 is 19.2 Å². The van der Waals surface area contributed by atoms with Crippen LogP contribution in [0.3, 0.4) is 0 Å². The highest BCUT2D eigenvalue weighted by Crippen LogP contribution is 2.33. The Labute approximate surface area is 185 Å². The second-order valence-corrected chi connectivity index (χ2v) is 7.80. The standard InChI is InChI=1S/C25H25NO6/c1-2-7-17-12-20-18-10-6-11-19(18)24(28)32-22(20)13-21(17)31-23(27)14-26-25(29)30-15-16-8-4-3-5-9-16/h3-5,8-9,12-13H,2,6-7,10-11,14-15H2,1H3,(H,26,29). The van der Waals surface area contributed by atoms with Crippen molar-refractivity contribution in [1.82, 2.24) is 5.32 Å². The summed E-state index contributed by atoms with van der Waals surface area (Å²) in [5, 5.41) is 3.30. The molecule has 4 rings (SSSR count). The second kappa shape index (κ2) is 9.68. The minimum absolute atomic E-state index is 0.108. The van der Waals surface area contributed by atoms with E-state index in [4.69, 9.17) is 13.9 Å². The number of esters is 1. The van der Waals surface area contributed by atoms with Crippen molar-refractivity contribution in [3.05, 3.63) is 75.1 Å². The number of amides is 1. The third-order valence-electron chi connectivity index (χ3n) is 5.49. The maximum Gasteiger partial charge on any atom is 0.407 e. The first-order valence-electron chi connectivity index (χ1n) is 10.8. The number of rotatable bonds is 7. The van der Waals surface area contributed by atoms with Gasteiger partial charge in [0.05, 0.1) is 0 Å². The Morgan fingerprint density at radius 3 is 2.66 bits per heavy atom. The smallest absolute Gasteiger partial charge is 0.407 e. The van der Waals surface area contributed by atoms with Crippen LogP contribution in [0.5, 0.6) is 5.75 Å². The Kier molecular flexibility index (Phi) is 6.54. The molecule has 1 amide bonds. The molecule has 0 saturated carbocycles. The van der Waals surface area contributed by atoms with Crippen molar-refractivity contribution in [3.63, 3.8) is 0 Å². The summed E-state index contributed by atoms with van der Waals surface area (Å²) in [6.07, 6.45) is 3.37. The Balaban J connectivity index is 1.44. The van der Waals surface area contributed by atoms with E-state index < -0.39 is 12.1 Å². The lowest BCUT2D eigenvalue weighted by Gasteiger charge is -2.13. The Bertz CT molecular complexity index is 1200. The van der Waals surface area contributed by atoms with Gasteiger partial charge in [-0.2, -0.15) is 0 Å². The number of benzene rings is 2. The first kappa shape index (κ1) is 21.6. The van der Waals surface area contributed by atoms with Gasteiger partial charge in [-0.25, -0.2) is 14.4 Å². The van der Waals surface area contributed by atoms with E-state index in [0.29, 0.717) is 17.8 Å². The molecule has 2 aromatic carbocycles. The molecule has 0 fully saturated rings. The van der Waals surface area contributed by atoms with Crippen molar-refractivity contribution in [1.29, 1.82) is 0 Å². The highest BCUT2D eigenvalue weighted by atomic mass is 16.6. The molecule has 0 aliphatic heterocycles. The van der Waals surface area contributed by atoms with Crippen LogP contribution in [0.4, 0.5) is 4.79 Å². The number of carbonyl (C=O) groups is 2. The number of hydrogen-bond donors (Lipinski definition) is 1. The molecule has 0 unspecified atom stereocenters. The zero-order chi connectivity index (χ0) is 22.5. The molecule has 1 aliphatic carbocycles. The van der Waals surface area contributed by atoms with Gasteiger partial charge in [-0.1, -0.05) is 43.7 Å². The second-order valence-electron chi connectivity index (χ2n) is 7.80. The van der Waals surface area contributed by atoms with Gasteiger partial charge in [0.1, 0.15) is 24.5 Å². The Morgan fingerprint density at radius 1 is 1.09 bits per heavy atom. The highest BCUT2D eigenvalue weighted by molar-refractivity contribution is 5.86. The van der Waals surface area contributed by atoms with Crippen LogP contribution in [0.2, 0.25) is 0 Å². The predicted molar refractivity (Wildman–Crippen MR) is 119 cm³/mol. The quantitative estimate of drug-likeness (QED) is 0.342. The fraction of sp³-hybridized carbons (Fsp3) is 0.320. The number of aryl methyl sites for hydroxylation is 2. The lowest BCUT2D eigenvalue weighted by Crippen LogP contribution is -2.32. The summed E-state index contributed by atoms with van der Waals surface area (Å²) in [5.41, 5.74) is 3.58. The SMILES string of the molecule is CCCc1cc2c3c(c(=O)oc2cc1OC(=O)CNC(=O)OCc1ccccc1)CCC3. The number of carbonyl (C=O) groups excluding carboxylic acids is 2. The number of hydrogen-bond acceptors (Lipinski definition) is 6. The van der Waals surface area contributed by atoms with E-state index in [0.717, 1.165) is 53.3 Å². The van der Waals surface area contributed by atoms with Crippen LogP contribution in [0.1, 0.15) is 42.0 Å². The Hall–Kier alpha value is -3.61. The summed E-state index contributed by atoms with van der Waals surface area (Å²) in [4.78, 5) is 36.5. The van der Waals surface area contributed by atoms with Gasteiger partial charge in [-0.15, -0.1) is 0 Å². The van der Waals surface area contributed by atoms with E-state index in [2.05, 4.69) is 5.32 Å². The molecule has 7 heteroatoms. The van der Waals surface area contributed by atoms with Crippen molar-refractivity contribution in [2.75, 3.05) is 6.54 Å². The highest BCUT2D eigenvalue weighted by Gasteiger charge is 2.22. The van der Waals surface area contributed by atoms with Gasteiger partial charge in [0.2, 0.25) is 0 Å². The summed E-state index contributed by atoms with van der Waals surface area (Å²) in [6, 6.07) is 12.8. The molecule has 0 saturated heterocycles. The monoisotopic (exact) mass is 435 g/mol. The predicted octanol–water partition coefficient (Wildman–Crippen LogP) is 4.07. The number of nitrogens with one attached hydrogen (secondary N) is 1. The largest absolute Gasteiger partial charge is 0.445 e. The minimum atomic E-state index is -0.709. The Morgan fingerprint density at radius 2 is 1.88 bits per heavy atom. The molecule has 0 bridgehead atoms. The van der Waals surface area contributed by atoms with E-state index in [9.17, 15) is 14.4 Å². The van der Waals surface area contributed by atoms with E-state index in [1.165, 1.54) is 0 Å². The lowest BCUT2D eigenvalue weighted by molar-refractivity contribution is -0.133. The van der Waals surface area contributed by atoms with Gasteiger partial charge >= 0.3 is 17.7 Å². The topological polar surface area (TPSA) is 94.8 Å². The van der Waals surface area contributed by atoms with Crippen molar-refractivity contribution in [2.24, 2.45) is 0 Å². The number of alkyl carbamates (subject to hydrolysis) is 1. The molecular formula is C25H25NO6. The van der Waals surface area contributed by atoms with Crippen molar-refractivity contribution in [3.8, 4) is 5.75 Å². The third kappa shape index (κ3) is 4.82. The lowest BCUT2D eigenvalue weighted by atomic mass is 10.0. The number of fused-ring (bicyclic) bond motifs is 3. The molecule has 0 atom stereocenters. The number of ether oxygens (including phenoxy) is 2. The summed E-state index contributed by atoms with van der Waals surface area (Å²) >= 11 is 0. The molecule has 1 heterocycles. The fourth-order valence-corrected chi connectivity index (χ4v) is 3.99. The molecule has 1 N–H and O–H groups in total. The zero-order valence-corrected chi connectivity index (χ0v) is 17.9. The first-order chi connectivity index (χ1) is 15.5. The van der Waals surface area contributed by atoms with Crippen LogP contribution >= 0.6 is 0 Å². The van der Waals surface area contributed by atoms with Crippen LogP contribution < -0.4 is 15.7 Å². The molecule has 166 valence electrons. The molecule has 0 radical (unpaired) electrons. The summed E-state index contributed by atoms with van der Waals surface area (Å²) in [7, 11) is 0. The van der Waals surface area contributed by atoms with E-state index in [1.54, 1.807) is 6.07 Å². The van der Waals surface area contributed by atoms with Crippen LogP contribution in [0.15, 0.2) is 51.7 Å². The van der Waals surface area contributed by atoms with Crippen LogP contribution in [0, 0.1) is 0 Å². The normalized spacial score (nSPS) is 12.4. The third-order valence-corrected chi connectivity index (χ3v) is 5.49. The average Bonchev–Trinajstić information content (AvgIpc) is 3.29. The van der Waals surface area contributed by atoms with Crippen molar-refractivity contribution < 1.29 is 23.5 Å². The van der Waals surface area contributed by atoms with Crippen LogP contribution in [0.25, 0.3) is 11.0 Å². The molecule has 32 heavy (non-hydrogen) atoms. The van der Waals surface area contributed by atoms with E-state index >= 15 is 0 Å². The molecule has 3 aromatic rings. The molecule has 0 spiro atoms. The minimum Gasteiger partial charge on any atom is -0.445 e. The maximum absolute atomic E-state index is 12.4. The summed E-state index contributed by atoms with van der Waals surface area (Å²) in [5.74, 6) is -0.299. The van der Waals surface area contributed by atoms with E-state index in [1.807, 2.05) is 43.3 Å². The van der Waals surface area contributed by atoms with Crippen molar-refractivity contribution >= 4 is 23.0 Å². The maximum atomic E-state index is 12.4. The molecular weight excluding hydrogens is 410 g/mol. The van der Waals surface area contributed by atoms with E-state index in [-0.39, 0.29) is 18.8 Å². The zero-order valence-electron chi connectivity index (χ0n) is 17.9. The van der Waals surface area contributed by atoms with Gasteiger partial charge in [-0.05, 0) is 48.4 Å². The van der Waals surface area contributed by atoms with Crippen LogP contribution in [-0.4, -0.2) is 18.6 Å². The fourth-order valence-electron chi connectivity index (χ4n) is 3.99. The summed E-state index contributed by atoms with van der Waals surface area (Å²) < 4.78 is 16.1. The van der Waals surface area contributed by atoms with Gasteiger partial charge in [-0.3, -0.25) is 0 Å². The molecule has 1 aromatic heterocycles. The first-order valence-corrected chi connectivity index (χ1v) is 10.8. The van der Waals surface area contributed by atoms with Gasteiger partial charge in [0.25, 0.3) is 0 Å². The molecule has 7 nitrogen and oxygen atoms in total. The van der Waals surface area contributed by atoms with Gasteiger partial charge in [0.15, 0.2) is 0 Å². The summed E-state index contributed by atoms with van der Waals surface area (Å²) in [6.45, 7) is 1.80. The van der Waals surface area contributed by atoms with Crippen molar-refractivity contribution in [2.45, 2.75) is 45.6 Å². The van der Waals surface area contributed by atoms with Crippen LogP contribution in [-0.2, 0) is 35.4 Å².